The fourth-order valence-corrected chi connectivity index (χ4v) is 3.92. The number of nitrogens with zero attached hydrogens (tertiary/aromatic N) is 1. The smallest absolute Gasteiger partial charge is 0.340 e. The van der Waals surface area contributed by atoms with E-state index in [0.717, 1.165) is 20.8 Å². The SMILES string of the molecule is O=I(=O)c1ccc(-c2nc3ccc(OCCO)cc3s2)cc1. The number of aromatic nitrogens is 1. The second-order valence-corrected chi connectivity index (χ2v) is 7.96. The molecule has 1 N–H and O–H groups in total. The maximum Gasteiger partial charge on any atom is 0.340 e. The molecule has 0 unspecified atom stereocenters. The lowest BCUT2D eigenvalue weighted by Gasteiger charge is -2.02. The molecule has 3 aromatic rings. The van der Waals surface area contributed by atoms with Crippen LogP contribution in [-0.4, -0.2) is 23.3 Å². The third kappa shape index (κ3) is 3.26. The zero-order valence-electron chi connectivity index (χ0n) is 11.4. The summed E-state index contributed by atoms with van der Waals surface area (Å²) in [6, 6.07) is 12.3. The van der Waals surface area contributed by atoms with Crippen molar-refractivity contribution in [3.8, 4) is 16.3 Å². The lowest BCUT2D eigenvalue weighted by Crippen LogP contribution is -2.00. The molecule has 0 saturated carbocycles. The molecule has 1 heterocycles. The largest absolute Gasteiger partial charge is 0.491 e. The molecular formula is C15H12INO4S. The molecular weight excluding hydrogens is 417 g/mol. The molecule has 0 saturated heterocycles. The molecule has 0 spiro atoms. The zero-order chi connectivity index (χ0) is 15.5. The van der Waals surface area contributed by atoms with E-state index in [1.54, 1.807) is 24.3 Å². The molecule has 0 bridgehead atoms. The van der Waals surface area contributed by atoms with Crippen LogP contribution in [0, 0.1) is 3.57 Å². The first kappa shape index (κ1) is 15.3. The minimum Gasteiger partial charge on any atom is -0.491 e. The Morgan fingerprint density at radius 2 is 1.91 bits per heavy atom. The number of aliphatic hydroxyl groups is 1. The van der Waals surface area contributed by atoms with Gasteiger partial charge in [-0.1, -0.05) is 12.1 Å². The number of benzene rings is 2. The molecule has 114 valence electrons. The van der Waals surface area contributed by atoms with Crippen LogP contribution in [0.1, 0.15) is 0 Å². The van der Waals surface area contributed by atoms with Gasteiger partial charge in [-0.05, 0) is 30.3 Å². The van der Waals surface area contributed by atoms with E-state index < -0.39 is 19.8 Å². The van der Waals surface area contributed by atoms with Gasteiger partial charge in [-0.25, -0.2) is 11.1 Å². The summed E-state index contributed by atoms with van der Waals surface area (Å²) >= 11 is -1.89. The Labute approximate surface area is 137 Å². The molecule has 22 heavy (non-hydrogen) atoms. The maximum atomic E-state index is 11.0. The molecule has 2 aromatic carbocycles. The van der Waals surface area contributed by atoms with Crippen LogP contribution >= 0.6 is 31.1 Å². The van der Waals surface area contributed by atoms with Gasteiger partial charge in [0.15, 0.2) is 0 Å². The van der Waals surface area contributed by atoms with Gasteiger partial charge in [0.1, 0.15) is 17.4 Å². The van der Waals surface area contributed by atoms with E-state index in [1.807, 2.05) is 18.2 Å². The Kier molecular flexibility index (Phi) is 4.65. The highest BCUT2D eigenvalue weighted by atomic mass is 127. The van der Waals surface area contributed by atoms with Crippen LogP contribution in [0.4, 0.5) is 0 Å². The number of rotatable bonds is 5. The summed E-state index contributed by atoms with van der Waals surface area (Å²) in [5, 5.41) is 9.61. The molecule has 0 aliphatic rings. The van der Waals surface area contributed by atoms with Gasteiger partial charge < -0.3 is 9.84 Å². The quantitative estimate of drug-likeness (QED) is 0.626. The number of ether oxygens (including phenoxy) is 1. The standard InChI is InChI=1S/C15H12INO4S/c18-7-8-21-12-5-6-13-14(9-12)22-15(17-13)10-1-3-11(4-2-10)16(19)20/h1-6,9,18H,7-8H2. The van der Waals surface area contributed by atoms with Crippen LogP contribution in [0.3, 0.4) is 0 Å². The number of thiazole rings is 1. The molecule has 5 nitrogen and oxygen atoms in total. The van der Waals surface area contributed by atoms with Gasteiger partial charge in [-0.3, -0.25) is 0 Å². The van der Waals surface area contributed by atoms with Crippen LogP contribution in [-0.2, 0) is 6.14 Å². The van der Waals surface area contributed by atoms with E-state index in [9.17, 15) is 6.14 Å². The highest BCUT2D eigenvalue weighted by Crippen LogP contribution is 2.33. The Hall–Kier alpha value is -1.58. The number of fused-ring (bicyclic) bond motifs is 1. The first-order valence-corrected chi connectivity index (χ1v) is 10.1. The van der Waals surface area contributed by atoms with Crippen LogP contribution in [0.25, 0.3) is 20.8 Å². The van der Waals surface area contributed by atoms with E-state index >= 15 is 0 Å². The van der Waals surface area contributed by atoms with Gasteiger partial charge in [0.2, 0.25) is 0 Å². The second kappa shape index (κ2) is 6.67. The number of halogens is 1. The molecule has 0 aliphatic carbocycles. The zero-order valence-corrected chi connectivity index (χ0v) is 14.3. The van der Waals surface area contributed by atoms with Crippen molar-refractivity contribution in [2.75, 3.05) is 13.2 Å². The van der Waals surface area contributed by atoms with Crippen molar-refractivity contribution < 1.29 is 16.0 Å². The predicted octanol–water partition coefficient (Wildman–Crippen LogP) is 3.70. The van der Waals surface area contributed by atoms with Gasteiger partial charge in [-0.2, -0.15) is 0 Å². The first-order chi connectivity index (χ1) is 10.7. The summed E-state index contributed by atoms with van der Waals surface area (Å²) in [6.07, 6.45) is 0. The maximum absolute atomic E-state index is 11.0. The van der Waals surface area contributed by atoms with E-state index in [2.05, 4.69) is 4.98 Å². The number of hydrogen-bond acceptors (Lipinski definition) is 6. The average molecular weight is 429 g/mol. The van der Waals surface area contributed by atoms with Crippen molar-refractivity contribution in [3.63, 3.8) is 0 Å². The summed E-state index contributed by atoms with van der Waals surface area (Å²) in [5.74, 6) is 0.694. The highest BCUT2D eigenvalue weighted by molar-refractivity contribution is 14.2. The Balaban J connectivity index is 1.93. The minimum absolute atomic E-state index is 0.0253. The lowest BCUT2D eigenvalue weighted by atomic mass is 10.2. The molecule has 7 heteroatoms. The summed E-state index contributed by atoms with van der Waals surface area (Å²) in [5.41, 5.74) is 1.75. The lowest BCUT2D eigenvalue weighted by molar-refractivity contribution is 0.201. The average Bonchev–Trinajstić information content (AvgIpc) is 2.96. The molecule has 0 aliphatic heterocycles. The summed E-state index contributed by atoms with van der Waals surface area (Å²) in [6.45, 7) is 0.233. The monoisotopic (exact) mass is 429 g/mol. The second-order valence-electron chi connectivity index (χ2n) is 4.44. The topological polar surface area (TPSA) is 76.5 Å². The molecule has 0 fully saturated rings. The van der Waals surface area contributed by atoms with Crippen LogP contribution in [0.15, 0.2) is 42.5 Å². The van der Waals surface area contributed by atoms with Gasteiger partial charge >= 0.3 is 19.8 Å². The first-order valence-electron chi connectivity index (χ1n) is 6.47. The van der Waals surface area contributed by atoms with E-state index in [4.69, 9.17) is 9.84 Å². The molecule has 3 rings (SSSR count). The van der Waals surface area contributed by atoms with E-state index in [0.29, 0.717) is 9.32 Å². The fraction of sp³-hybridized carbons (Fsp3) is 0.133. The van der Waals surface area contributed by atoms with Crippen molar-refractivity contribution >= 4 is 41.3 Å². The van der Waals surface area contributed by atoms with E-state index in [-0.39, 0.29) is 13.2 Å². The molecule has 1 aromatic heterocycles. The van der Waals surface area contributed by atoms with Crippen molar-refractivity contribution in [2.24, 2.45) is 0 Å². The van der Waals surface area contributed by atoms with Crippen molar-refractivity contribution in [1.29, 1.82) is 0 Å². The Morgan fingerprint density at radius 1 is 1.14 bits per heavy atom. The van der Waals surface area contributed by atoms with Crippen molar-refractivity contribution in [1.82, 2.24) is 4.98 Å². The van der Waals surface area contributed by atoms with Crippen LogP contribution < -0.4 is 4.74 Å². The molecule has 0 radical (unpaired) electrons. The van der Waals surface area contributed by atoms with Crippen molar-refractivity contribution in [3.05, 3.63) is 46.0 Å². The van der Waals surface area contributed by atoms with Gasteiger partial charge in [-0.15, -0.1) is 11.3 Å². The van der Waals surface area contributed by atoms with E-state index in [1.165, 1.54) is 11.3 Å². The highest BCUT2D eigenvalue weighted by Gasteiger charge is 2.08. The Bertz CT molecular complexity index is 863. The third-order valence-electron chi connectivity index (χ3n) is 2.99. The summed E-state index contributed by atoms with van der Waals surface area (Å²) in [7, 11) is 0. The molecule has 0 amide bonds. The third-order valence-corrected chi connectivity index (χ3v) is 5.79. The van der Waals surface area contributed by atoms with Gasteiger partial charge in [0.05, 0.1) is 20.4 Å². The minimum atomic E-state index is -3.41. The normalized spacial score (nSPS) is 11.2. The van der Waals surface area contributed by atoms with Crippen LogP contribution in [0.2, 0.25) is 0 Å². The fourth-order valence-electron chi connectivity index (χ4n) is 1.98. The van der Waals surface area contributed by atoms with Crippen LogP contribution in [0.5, 0.6) is 5.75 Å². The predicted molar refractivity (Wildman–Crippen MR) is 91.7 cm³/mol. The summed E-state index contributed by atoms with van der Waals surface area (Å²) in [4.78, 5) is 4.55. The van der Waals surface area contributed by atoms with Gasteiger partial charge in [0, 0.05) is 5.56 Å². The van der Waals surface area contributed by atoms with Gasteiger partial charge in [0.25, 0.3) is 0 Å². The molecule has 0 atom stereocenters. The number of hydrogen-bond donors (Lipinski definition) is 1. The Morgan fingerprint density at radius 3 is 2.59 bits per heavy atom. The summed E-state index contributed by atoms with van der Waals surface area (Å²) < 4.78 is 28.7. The number of aliphatic hydroxyl groups excluding tert-OH is 1. The van der Waals surface area contributed by atoms with Crippen molar-refractivity contribution in [2.45, 2.75) is 0 Å².